The van der Waals surface area contributed by atoms with E-state index in [1.807, 2.05) is 6.92 Å². The Labute approximate surface area is 112 Å². The highest BCUT2D eigenvalue weighted by Gasteiger charge is 2.37. The zero-order valence-corrected chi connectivity index (χ0v) is 11.5. The largest absolute Gasteiger partial charge is 0.264 e. The Kier molecular flexibility index (Phi) is 3.86. The van der Waals surface area contributed by atoms with Gasteiger partial charge in [0.05, 0.1) is 10.9 Å². The molecule has 7 heteroatoms. The van der Waals surface area contributed by atoms with Crippen molar-refractivity contribution in [3.8, 4) is 0 Å². The molecule has 0 N–H and O–H groups in total. The van der Waals surface area contributed by atoms with Crippen LogP contribution in [-0.4, -0.2) is 36.8 Å². The van der Waals surface area contributed by atoms with E-state index in [1.165, 1.54) is 4.31 Å². The molecular formula is C12H16N2O4S. The van der Waals surface area contributed by atoms with Crippen LogP contribution >= 0.6 is 0 Å². The van der Waals surface area contributed by atoms with Gasteiger partial charge in [-0.3, -0.25) is 10.1 Å². The van der Waals surface area contributed by atoms with Crippen LogP contribution in [0.25, 0.3) is 0 Å². The molecule has 1 aliphatic heterocycles. The van der Waals surface area contributed by atoms with Crippen molar-refractivity contribution in [2.45, 2.75) is 30.7 Å². The number of sulfonamides is 1. The standard InChI is InChI=1S/C12H16N2O4S/c1-10-4-6-12(7-5-10)19(17,18)13-8-2-3-11(13)9-14(15)16/h4-7,11H,2-3,8-9H2,1H3. The van der Waals surface area contributed by atoms with Crippen LogP contribution < -0.4 is 0 Å². The fourth-order valence-electron chi connectivity index (χ4n) is 2.33. The van der Waals surface area contributed by atoms with Gasteiger partial charge < -0.3 is 0 Å². The summed E-state index contributed by atoms with van der Waals surface area (Å²) in [6, 6.07) is 6.02. The summed E-state index contributed by atoms with van der Waals surface area (Å²) in [4.78, 5) is 10.3. The lowest BCUT2D eigenvalue weighted by Gasteiger charge is -2.21. The van der Waals surface area contributed by atoms with Crippen LogP contribution in [0.5, 0.6) is 0 Å². The minimum atomic E-state index is -3.62. The number of hydrogen-bond donors (Lipinski definition) is 0. The Morgan fingerprint density at radius 1 is 1.37 bits per heavy atom. The molecule has 0 radical (unpaired) electrons. The van der Waals surface area contributed by atoms with E-state index in [9.17, 15) is 18.5 Å². The van der Waals surface area contributed by atoms with Gasteiger partial charge in [-0.05, 0) is 31.9 Å². The average Bonchev–Trinajstić information content (AvgIpc) is 2.77. The van der Waals surface area contributed by atoms with Gasteiger partial charge in [-0.1, -0.05) is 17.7 Å². The van der Waals surface area contributed by atoms with Gasteiger partial charge in [0.15, 0.2) is 0 Å². The molecule has 1 atom stereocenters. The molecule has 1 heterocycles. The summed E-state index contributed by atoms with van der Waals surface area (Å²) in [6.45, 7) is 1.90. The van der Waals surface area contributed by atoms with Crippen molar-refractivity contribution in [1.29, 1.82) is 0 Å². The molecule has 1 aliphatic rings. The van der Waals surface area contributed by atoms with Crippen LogP contribution in [0.2, 0.25) is 0 Å². The van der Waals surface area contributed by atoms with E-state index < -0.39 is 21.0 Å². The fraction of sp³-hybridized carbons (Fsp3) is 0.500. The normalized spacial score (nSPS) is 20.6. The van der Waals surface area contributed by atoms with Gasteiger partial charge >= 0.3 is 0 Å². The molecular weight excluding hydrogens is 268 g/mol. The van der Waals surface area contributed by atoms with Gasteiger partial charge in [-0.15, -0.1) is 0 Å². The number of benzene rings is 1. The molecule has 1 aromatic carbocycles. The molecule has 1 unspecified atom stereocenters. The molecule has 0 aromatic heterocycles. The summed E-state index contributed by atoms with van der Waals surface area (Å²) in [5.41, 5.74) is 0.974. The van der Waals surface area contributed by atoms with Gasteiger partial charge in [0, 0.05) is 11.5 Å². The Morgan fingerprint density at radius 3 is 2.58 bits per heavy atom. The smallest absolute Gasteiger partial charge is 0.243 e. The Hall–Kier alpha value is -1.47. The van der Waals surface area contributed by atoms with Gasteiger partial charge in [0.2, 0.25) is 16.6 Å². The van der Waals surface area contributed by atoms with E-state index in [0.717, 1.165) is 5.56 Å². The molecule has 6 nitrogen and oxygen atoms in total. The number of nitrogens with zero attached hydrogens (tertiary/aromatic N) is 2. The van der Waals surface area contributed by atoms with Gasteiger partial charge in [-0.25, -0.2) is 8.42 Å². The van der Waals surface area contributed by atoms with Crippen molar-refractivity contribution in [2.24, 2.45) is 0 Å². The molecule has 0 saturated carbocycles. The molecule has 19 heavy (non-hydrogen) atoms. The van der Waals surface area contributed by atoms with Crippen molar-refractivity contribution in [1.82, 2.24) is 4.31 Å². The highest BCUT2D eigenvalue weighted by molar-refractivity contribution is 7.89. The topological polar surface area (TPSA) is 80.5 Å². The summed E-state index contributed by atoms with van der Waals surface area (Å²) in [5, 5.41) is 10.6. The second-order valence-corrected chi connectivity index (χ2v) is 6.63. The van der Waals surface area contributed by atoms with E-state index in [-0.39, 0.29) is 11.4 Å². The molecule has 2 rings (SSSR count). The maximum atomic E-state index is 12.4. The summed E-state index contributed by atoms with van der Waals surface area (Å²) in [6.07, 6.45) is 1.22. The fourth-order valence-corrected chi connectivity index (χ4v) is 4.01. The van der Waals surface area contributed by atoms with Crippen LogP contribution in [0.4, 0.5) is 0 Å². The monoisotopic (exact) mass is 284 g/mol. The molecule has 0 aliphatic carbocycles. The van der Waals surface area contributed by atoms with E-state index in [0.29, 0.717) is 19.4 Å². The first kappa shape index (κ1) is 14.0. The van der Waals surface area contributed by atoms with Crippen molar-refractivity contribution in [2.75, 3.05) is 13.1 Å². The lowest BCUT2D eigenvalue weighted by Crippen LogP contribution is -2.39. The van der Waals surface area contributed by atoms with Crippen LogP contribution in [0, 0.1) is 17.0 Å². The van der Waals surface area contributed by atoms with E-state index in [2.05, 4.69) is 0 Å². The van der Waals surface area contributed by atoms with E-state index in [4.69, 9.17) is 0 Å². The van der Waals surface area contributed by atoms with Crippen LogP contribution in [0.3, 0.4) is 0 Å². The zero-order chi connectivity index (χ0) is 14.0. The first-order chi connectivity index (χ1) is 8.91. The van der Waals surface area contributed by atoms with Crippen LogP contribution in [0.1, 0.15) is 18.4 Å². The van der Waals surface area contributed by atoms with Gasteiger partial charge in [-0.2, -0.15) is 4.31 Å². The van der Waals surface area contributed by atoms with Gasteiger partial charge in [0.25, 0.3) is 0 Å². The molecule has 104 valence electrons. The van der Waals surface area contributed by atoms with E-state index in [1.54, 1.807) is 24.3 Å². The lowest BCUT2D eigenvalue weighted by molar-refractivity contribution is -0.485. The molecule has 1 saturated heterocycles. The summed E-state index contributed by atoms with van der Waals surface area (Å²) in [5.74, 6) is 0. The Morgan fingerprint density at radius 2 is 2.00 bits per heavy atom. The Bertz CT molecular complexity index is 568. The third-order valence-corrected chi connectivity index (χ3v) is 5.28. The van der Waals surface area contributed by atoms with Crippen LogP contribution in [0.15, 0.2) is 29.2 Å². The second kappa shape index (κ2) is 5.26. The first-order valence-electron chi connectivity index (χ1n) is 6.11. The number of hydrogen-bond acceptors (Lipinski definition) is 4. The summed E-state index contributed by atoms with van der Waals surface area (Å²) < 4.78 is 26.1. The van der Waals surface area contributed by atoms with Crippen molar-refractivity contribution >= 4 is 10.0 Å². The molecule has 0 amide bonds. The zero-order valence-electron chi connectivity index (χ0n) is 10.7. The molecule has 1 aromatic rings. The third kappa shape index (κ3) is 2.93. The SMILES string of the molecule is Cc1ccc(S(=O)(=O)N2CCCC2C[N+](=O)[O-])cc1. The lowest BCUT2D eigenvalue weighted by atomic mass is 10.2. The maximum absolute atomic E-state index is 12.4. The highest BCUT2D eigenvalue weighted by atomic mass is 32.2. The number of nitro groups is 1. The minimum absolute atomic E-state index is 0.202. The maximum Gasteiger partial charge on any atom is 0.243 e. The van der Waals surface area contributed by atoms with E-state index >= 15 is 0 Å². The summed E-state index contributed by atoms with van der Waals surface area (Å²) in [7, 11) is -3.62. The number of aryl methyl sites for hydroxylation is 1. The predicted octanol–water partition coefficient (Wildman–Crippen LogP) is 1.42. The molecule has 0 spiro atoms. The van der Waals surface area contributed by atoms with Gasteiger partial charge in [0.1, 0.15) is 0 Å². The molecule has 0 bridgehead atoms. The van der Waals surface area contributed by atoms with Crippen molar-refractivity contribution < 1.29 is 13.3 Å². The molecule has 1 fully saturated rings. The minimum Gasteiger partial charge on any atom is -0.264 e. The predicted molar refractivity (Wildman–Crippen MR) is 70.0 cm³/mol. The summed E-state index contributed by atoms with van der Waals surface area (Å²) >= 11 is 0. The second-order valence-electron chi connectivity index (χ2n) is 4.74. The first-order valence-corrected chi connectivity index (χ1v) is 7.55. The number of rotatable bonds is 4. The highest BCUT2D eigenvalue weighted by Crippen LogP contribution is 2.26. The third-order valence-electron chi connectivity index (χ3n) is 3.31. The van der Waals surface area contributed by atoms with Crippen molar-refractivity contribution in [3.63, 3.8) is 0 Å². The van der Waals surface area contributed by atoms with Crippen molar-refractivity contribution in [3.05, 3.63) is 39.9 Å². The average molecular weight is 284 g/mol. The van der Waals surface area contributed by atoms with Crippen LogP contribution in [-0.2, 0) is 10.0 Å². The quantitative estimate of drug-likeness (QED) is 0.618. The Balaban J connectivity index is 2.28.